The molecule has 5 heteroatoms. The minimum atomic E-state index is -0.325. The van der Waals surface area contributed by atoms with Crippen LogP contribution in [0.4, 0.5) is 11.4 Å². The Labute approximate surface area is 126 Å². The molecule has 21 heavy (non-hydrogen) atoms. The average Bonchev–Trinajstić information content (AvgIpc) is 2.76. The molecule has 0 spiro atoms. The molecule has 5 nitrogen and oxygen atoms in total. The second-order valence-corrected chi connectivity index (χ2v) is 5.91. The van der Waals surface area contributed by atoms with Crippen molar-refractivity contribution in [1.82, 2.24) is 4.90 Å². The lowest BCUT2D eigenvalue weighted by atomic mass is 10.1. The minimum Gasteiger partial charge on any atom is -0.388 e. The number of hydrogen-bond acceptors (Lipinski definition) is 4. The van der Waals surface area contributed by atoms with Crippen LogP contribution in [-0.2, 0) is 6.54 Å². The van der Waals surface area contributed by atoms with Gasteiger partial charge in [0.15, 0.2) is 0 Å². The van der Waals surface area contributed by atoms with E-state index < -0.39 is 0 Å². The van der Waals surface area contributed by atoms with Gasteiger partial charge < -0.3 is 5.32 Å². The minimum absolute atomic E-state index is 0.165. The highest BCUT2D eigenvalue weighted by Gasteiger charge is 2.19. The molecule has 1 aliphatic carbocycles. The number of nitrogens with zero attached hydrogens (tertiary/aromatic N) is 2. The Hall–Kier alpha value is -1.62. The van der Waals surface area contributed by atoms with Crippen LogP contribution in [0.15, 0.2) is 18.2 Å². The van der Waals surface area contributed by atoms with Crippen molar-refractivity contribution < 1.29 is 4.92 Å². The number of anilines is 1. The maximum absolute atomic E-state index is 11.0. The van der Waals surface area contributed by atoms with E-state index in [4.69, 9.17) is 0 Å². The van der Waals surface area contributed by atoms with Crippen LogP contribution in [0, 0.1) is 10.1 Å². The smallest absolute Gasteiger partial charge is 0.269 e. The molecule has 1 aliphatic rings. The van der Waals surface area contributed by atoms with E-state index in [2.05, 4.69) is 17.3 Å². The molecular formula is C16H25N3O2. The van der Waals surface area contributed by atoms with Crippen LogP contribution in [0.3, 0.4) is 0 Å². The molecule has 2 rings (SSSR count). The lowest BCUT2D eigenvalue weighted by Gasteiger charge is -2.27. The van der Waals surface area contributed by atoms with Gasteiger partial charge in [-0.15, -0.1) is 0 Å². The van der Waals surface area contributed by atoms with Crippen molar-refractivity contribution >= 4 is 11.4 Å². The summed E-state index contributed by atoms with van der Waals surface area (Å²) in [7, 11) is 3.99. The molecule has 0 saturated heterocycles. The fraction of sp³-hybridized carbons (Fsp3) is 0.625. The Bertz CT molecular complexity index is 482. The highest BCUT2D eigenvalue weighted by atomic mass is 16.6. The van der Waals surface area contributed by atoms with Crippen molar-refractivity contribution in [1.29, 1.82) is 0 Å². The second-order valence-electron chi connectivity index (χ2n) is 5.91. The van der Waals surface area contributed by atoms with Gasteiger partial charge in [-0.1, -0.05) is 25.7 Å². The molecule has 0 amide bonds. The first-order chi connectivity index (χ1) is 10.1. The Morgan fingerprint density at radius 3 is 2.52 bits per heavy atom. The van der Waals surface area contributed by atoms with Crippen molar-refractivity contribution in [3.8, 4) is 0 Å². The summed E-state index contributed by atoms with van der Waals surface area (Å²) in [5.41, 5.74) is 2.14. The number of nitro benzene ring substituents is 1. The summed E-state index contributed by atoms with van der Waals surface area (Å²) in [5.74, 6) is 0. The maximum Gasteiger partial charge on any atom is 0.269 e. The van der Waals surface area contributed by atoms with Crippen LogP contribution in [0.25, 0.3) is 0 Å². The van der Waals surface area contributed by atoms with E-state index in [9.17, 15) is 10.1 Å². The number of non-ortho nitro benzene ring substituents is 1. The van der Waals surface area contributed by atoms with Crippen molar-refractivity contribution in [2.75, 3.05) is 19.4 Å². The standard InChI is InChI=1S/C16H25N3O2/c1-17-16-10-9-15(19(20)21)11-13(16)12-18(2)14-7-5-3-4-6-8-14/h9-11,14,17H,3-8,12H2,1-2H3. The lowest BCUT2D eigenvalue weighted by Crippen LogP contribution is -2.31. The summed E-state index contributed by atoms with van der Waals surface area (Å²) < 4.78 is 0. The number of benzene rings is 1. The topological polar surface area (TPSA) is 58.4 Å². The molecule has 0 bridgehead atoms. The molecule has 1 aromatic rings. The van der Waals surface area contributed by atoms with Gasteiger partial charge in [0.1, 0.15) is 0 Å². The summed E-state index contributed by atoms with van der Waals surface area (Å²) in [6.07, 6.45) is 7.73. The zero-order valence-electron chi connectivity index (χ0n) is 13.0. The molecule has 0 heterocycles. The molecule has 1 fully saturated rings. The second kappa shape index (κ2) is 7.41. The first kappa shape index (κ1) is 15.8. The largest absolute Gasteiger partial charge is 0.388 e. The van der Waals surface area contributed by atoms with Gasteiger partial charge >= 0.3 is 0 Å². The zero-order chi connectivity index (χ0) is 15.2. The summed E-state index contributed by atoms with van der Waals surface area (Å²) in [6, 6.07) is 5.64. The van der Waals surface area contributed by atoms with Gasteiger partial charge in [-0.2, -0.15) is 0 Å². The predicted octanol–water partition coefficient (Wildman–Crippen LogP) is 3.79. The lowest BCUT2D eigenvalue weighted by molar-refractivity contribution is -0.384. The highest BCUT2D eigenvalue weighted by Crippen LogP contribution is 2.26. The quantitative estimate of drug-likeness (QED) is 0.509. The van der Waals surface area contributed by atoms with Gasteiger partial charge in [-0.25, -0.2) is 0 Å². The Morgan fingerprint density at radius 1 is 1.29 bits per heavy atom. The van der Waals surface area contributed by atoms with Gasteiger partial charge in [0.25, 0.3) is 5.69 Å². The highest BCUT2D eigenvalue weighted by molar-refractivity contribution is 5.55. The van der Waals surface area contributed by atoms with Crippen molar-refractivity contribution in [3.63, 3.8) is 0 Å². The van der Waals surface area contributed by atoms with Gasteiger partial charge in [-0.3, -0.25) is 15.0 Å². The summed E-state index contributed by atoms with van der Waals surface area (Å²) >= 11 is 0. The Morgan fingerprint density at radius 2 is 1.95 bits per heavy atom. The monoisotopic (exact) mass is 291 g/mol. The van der Waals surface area contributed by atoms with Crippen LogP contribution in [0.2, 0.25) is 0 Å². The molecule has 0 aliphatic heterocycles. The Balaban J connectivity index is 2.12. The average molecular weight is 291 g/mol. The molecule has 0 radical (unpaired) electrons. The van der Waals surface area contributed by atoms with Crippen molar-refractivity contribution in [3.05, 3.63) is 33.9 Å². The third-order valence-corrected chi connectivity index (χ3v) is 4.44. The molecule has 116 valence electrons. The number of nitrogens with one attached hydrogen (secondary N) is 1. The van der Waals surface area contributed by atoms with E-state index in [1.54, 1.807) is 18.2 Å². The summed E-state index contributed by atoms with van der Waals surface area (Å²) in [5, 5.41) is 14.1. The molecule has 0 aromatic heterocycles. The van der Waals surface area contributed by atoms with Crippen molar-refractivity contribution in [2.24, 2.45) is 0 Å². The number of nitro groups is 1. The first-order valence-electron chi connectivity index (χ1n) is 7.77. The van der Waals surface area contributed by atoms with E-state index >= 15 is 0 Å². The fourth-order valence-electron chi connectivity index (χ4n) is 3.16. The first-order valence-corrected chi connectivity index (χ1v) is 7.77. The van der Waals surface area contributed by atoms with E-state index in [1.807, 2.05) is 7.05 Å². The normalized spacial score (nSPS) is 16.7. The third kappa shape index (κ3) is 4.17. The molecule has 1 N–H and O–H groups in total. The van der Waals surface area contributed by atoms with Gasteiger partial charge in [0.05, 0.1) is 4.92 Å². The van der Waals surface area contributed by atoms with Crippen molar-refractivity contribution in [2.45, 2.75) is 51.1 Å². The summed E-state index contributed by atoms with van der Waals surface area (Å²) in [6.45, 7) is 0.752. The van der Waals surface area contributed by atoms with Gasteiger partial charge in [-0.05, 0) is 31.5 Å². The summed E-state index contributed by atoms with van der Waals surface area (Å²) in [4.78, 5) is 13.0. The number of hydrogen-bond donors (Lipinski definition) is 1. The number of rotatable bonds is 5. The van der Waals surface area contributed by atoms with Crippen LogP contribution >= 0.6 is 0 Å². The van der Waals surface area contributed by atoms with Gasteiger partial charge in [0.2, 0.25) is 0 Å². The fourth-order valence-corrected chi connectivity index (χ4v) is 3.16. The molecule has 0 atom stereocenters. The molecule has 1 saturated carbocycles. The molecule has 0 unspecified atom stereocenters. The third-order valence-electron chi connectivity index (χ3n) is 4.44. The van der Waals surface area contributed by atoms with Crippen LogP contribution in [0.1, 0.15) is 44.1 Å². The molecular weight excluding hydrogens is 266 g/mol. The van der Waals surface area contributed by atoms with Crippen LogP contribution < -0.4 is 5.32 Å². The Kier molecular flexibility index (Phi) is 5.56. The molecule has 1 aromatic carbocycles. The predicted molar refractivity (Wildman–Crippen MR) is 85.6 cm³/mol. The SMILES string of the molecule is CNc1ccc([N+](=O)[O-])cc1CN(C)C1CCCCCC1. The van der Waals surface area contributed by atoms with E-state index in [-0.39, 0.29) is 10.6 Å². The van der Waals surface area contributed by atoms with E-state index in [0.29, 0.717) is 6.04 Å². The van der Waals surface area contributed by atoms with E-state index in [0.717, 1.165) is 17.8 Å². The van der Waals surface area contributed by atoms with Crippen LogP contribution in [-0.4, -0.2) is 30.0 Å². The maximum atomic E-state index is 11.0. The van der Waals surface area contributed by atoms with E-state index in [1.165, 1.54) is 38.5 Å². The van der Waals surface area contributed by atoms with Crippen LogP contribution in [0.5, 0.6) is 0 Å². The zero-order valence-corrected chi connectivity index (χ0v) is 13.0. The van der Waals surface area contributed by atoms with Gasteiger partial charge in [0, 0.05) is 37.5 Å².